The van der Waals surface area contributed by atoms with Crippen molar-refractivity contribution in [2.45, 2.75) is 116 Å². The summed E-state index contributed by atoms with van der Waals surface area (Å²) in [5, 5.41) is 15.2. The van der Waals surface area contributed by atoms with Gasteiger partial charge in [-0.1, -0.05) is 25.5 Å². The summed E-state index contributed by atoms with van der Waals surface area (Å²) in [4.78, 5) is 12.2. The molecular weight excluding hydrogens is 470 g/mol. The number of rotatable bonds is 7. The number of nitrogens with one attached hydrogen (secondary N) is 1. The van der Waals surface area contributed by atoms with Crippen LogP contribution < -0.4 is 10.1 Å². The second-order valence-electron chi connectivity index (χ2n) is 14.7. The fraction of sp³-hybridized carbons (Fsp3) is 0.794. The van der Waals surface area contributed by atoms with Crippen molar-refractivity contribution in [3.05, 3.63) is 29.8 Å². The highest BCUT2D eigenvalue weighted by molar-refractivity contribution is 5.79. The number of benzene rings is 1. The molecule has 0 spiro atoms. The van der Waals surface area contributed by atoms with E-state index >= 15 is 0 Å². The van der Waals surface area contributed by atoms with Gasteiger partial charge in [0.25, 0.3) is 0 Å². The molecule has 0 aromatic heterocycles. The Morgan fingerprint density at radius 2 is 1.95 bits per heavy atom. The summed E-state index contributed by atoms with van der Waals surface area (Å²) in [6, 6.07) is 9.39. The molecule has 0 heterocycles. The topological polar surface area (TPSA) is 58.6 Å². The van der Waals surface area contributed by atoms with Crippen molar-refractivity contribution in [2.75, 3.05) is 6.61 Å². The van der Waals surface area contributed by atoms with E-state index in [4.69, 9.17) is 4.74 Å². The van der Waals surface area contributed by atoms with Crippen LogP contribution in [0.5, 0.6) is 5.75 Å². The van der Waals surface area contributed by atoms with E-state index in [1.807, 2.05) is 0 Å². The molecule has 0 saturated heterocycles. The van der Waals surface area contributed by atoms with Crippen LogP contribution in [0.4, 0.5) is 0 Å². The van der Waals surface area contributed by atoms with Crippen molar-refractivity contribution in [3.8, 4) is 5.75 Å². The number of carbonyl (C=O) groups excluding carboxylic acids is 1. The largest absolute Gasteiger partial charge is 0.494 e. The molecule has 2 bridgehead atoms. The molecule has 6 saturated carbocycles. The van der Waals surface area contributed by atoms with Crippen LogP contribution in [-0.2, 0) is 11.3 Å². The maximum absolute atomic E-state index is 12.2. The number of ketones is 1. The first kappa shape index (κ1) is 25.6. The van der Waals surface area contributed by atoms with Gasteiger partial charge in [0.15, 0.2) is 0 Å². The molecule has 208 valence electrons. The van der Waals surface area contributed by atoms with Gasteiger partial charge in [0, 0.05) is 30.8 Å². The van der Waals surface area contributed by atoms with Gasteiger partial charge in [-0.15, -0.1) is 0 Å². The zero-order chi connectivity index (χ0) is 25.9. The van der Waals surface area contributed by atoms with Gasteiger partial charge in [-0.3, -0.25) is 4.79 Å². The lowest BCUT2D eigenvalue weighted by molar-refractivity contribution is -0.145. The Bertz CT molecular complexity index is 1040. The van der Waals surface area contributed by atoms with E-state index in [2.05, 4.69) is 36.5 Å². The summed E-state index contributed by atoms with van der Waals surface area (Å²) in [5.74, 6) is 6.01. The molecule has 2 N–H and O–H groups in total. The van der Waals surface area contributed by atoms with Crippen LogP contribution in [0.1, 0.15) is 102 Å². The van der Waals surface area contributed by atoms with Crippen LogP contribution in [0.15, 0.2) is 24.3 Å². The second-order valence-corrected chi connectivity index (χ2v) is 14.7. The second kappa shape index (κ2) is 9.91. The van der Waals surface area contributed by atoms with Gasteiger partial charge < -0.3 is 15.2 Å². The molecule has 10 atom stereocenters. The number of carbonyl (C=O) groups is 1. The summed E-state index contributed by atoms with van der Waals surface area (Å²) >= 11 is 0. The molecular formula is C34H49NO3. The molecule has 6 fully saturated rings. The molecule has 1 aromatic rings. The molecule has 4 nitrogen and oxygen atoms in total. The highest BCUT2D eigenvalue weighted by Gasteiger charge is 2.61. The lowest BCUT2D eigenvalue weighted by Crippen LogP contribution is -2.55. The molecule has 7 rings (SSSR count). The maximum atomic E-state index is 12.2. The van der Waals surface area contributed by atoms with Crippen molar-refractivity contribution in [2.24, 2.45) is 46.3 Å². The first-order valence-electron chi connectivity index (χ1n) is 16.1. The van der Waals surface area contributed by atoms with E-state index in [9.17, 15) is 9.90 Å². The van der Waals surface area contributed by atoms with Crippen molar-refractivity contribution in [1.29, 1.82) is 0 Å². The van der Waals surface area contributed by atoms with Gasteiger partial charge in [0.1, 0.15) is 11.5 Å². The van der Waals surface area contributed by atoms with Gasteiger partial charge >= 0.3 is 0 Å². The standard InChI is InChI=1S/C34H49NO3/c1-33-13-11-26(36)20-25(33)7-8-28-29(33)12-14-34(30(28)9-10-32(34)37)15-16-38-27-4-2-3-23(18-27)21-35-31-19-22-5-6-24(31)17-22/h2-4,18,22,24-25,28-32,35,37H,5-17,19-21H2,1H3/t22?,24?,25?,28?,29?,30?,31?,32-,33-,34+/m0/s1. The summed E-state index contributed by atoms with van der Waals surface area (Å²) in [5.41, 5.74) is 1.67. The molecule has 1 aromatic carbocycles. The van der Waals surface area contributed by atoms with Crippen molar-refractivity contribution < 1.29 is 14.6 Å². The van der Waals surface area contributed by atoms with Crippen LogP contribution in [0.3, 0.4) is 0 Å². The van der Waals surface area contributed by atoms with E-state index < -0.39 is 0 Å². The summed E-state index contributed by atoms with van der Waals surface area (Å²) in [6.45, 7) is 4.15. The first-order valence-corrected chi connectivity index (χ1v) is 16.1. The van der Waals surface area contributed by atoms with Crippen molar-refractivity contribution in [3.63, 3.8) is 0 Å². The number of hydrogen-bond donors (Lipinski definition) is 2. The summed E-state index contributed by atoms with van der Waals surface area (Å²) in [7, 11) is 0. The highest BCUT2D eigenvalue weighted by atomic mass is 16.5. The van der Waals surface area contributed by atoms with Gasteiger partial charge in [-0.2, -0.15) is 0 Å². The number of ether oxygens (including phenoxy) is 1. The number of aliphatic hydroxyl groups excluding tert-OH is 1. The molecule has 6 aliphatic carbocycles. The number of Topliss-reactive ketones (excluding diaryl/α,β-unsaturated/α-hetero) is 1. The maximum Gasteiger partial charge on any atom is 0.133 e. The van der Waals surface area contributed by atoms with Crippen LogP contribution in [-0.4, -0.2) is 29.6 Å². The first-order chi connectivity index (χ1) is 18.4. The van der Waals surface area contributed by atoms with E-state index in [-0.39, 0.29) is 11.5 Å². The van der Waals surface area contributed by atoms with E-state index in [0.29, 0.717) is 35.7 Å². The lowest BCUT2D eigenvalue weighted by atomic mass is 9.44. The fourth-order valence-corrected chi connectivity index (χ4v) is 11.2. The Hall–Kier alpha value is -1.39. The monoisotopic (exact) mass is 519 g/mol. The highest BCUT2D eigenvalue weighted by Crippen LogP contribution is 2.66. The van der Waals surface area contributed by atoms with Crippen molar-refractivity contribution in [1.82, 2.24) is 5.32 Å². The Morgan fingerprint density at radius 1 is 1.03 bits per heavy atom. The molecule has 6 aliphatic rings. The third-order valence-corrected chi connectivity index (χ3v) is 13.2. The molecule has 0 radical (unpaired) electrons. The van der Waals surface area contributed by atoms with Crippen LogP contribution >= 0.6 is 0 Å². The fourth-order valence-electron chi connectivity index (χ4n) is 11.2. The molecule has 0 amide bonds. The quantitative estimate of drug-likeness (QED) is 0.422. The molecule has 0 aliphatic heterocycles. The van der Waals surface area contributed by atoms with Gasteiger partial charge in [0.2, 0.25) is 0 Å². The van der Waals surface area contributed by atoms with Crippen LogP contribution in [0.25, 0.3) is 0 Å². The predicted molar refractivity (Wildman–Crippen MR) is 150 cm³/mol. The average molecular weight is 520 g/mol. The smallest absolute Gasteiger partial charge is 0.133 e. The number of aliphatic hydroxyl groups is 1. The third kappa shape index (κ3) is 4.28. The van der Waals surface area contributed by atoms with Crippen molar-refractivity contribution >= 4 is 5.78 Å². The summed E-state index contributed by atoms with van der Waals surface area (Å²) in [6.07, 6.45) is 16.1. The van der Waals surface area contributed by atoms with E-state index in [0.717, 1.165) is 74.5 Å². The Labute approximate surface area is 229 Å². The average Bonchev–Trinajstić information content (AvgIpc) is 3.63. The Kier molecular flexibility index (Phi) is 6.67. The summed E-state index contributed by atoms with van der Waals surface area (Å²) < 4.78 is 6.40. The van der Waals surface area contributed by atoms with Crippen LogP contribution in [0.2, 0.25) is 0 Å². The van der Waals surface area contributed by atoms with Crippen LogP contribution in [0, 0.1) is 46.3 Å². The minimum Gasteiger partial charge on any atom is -0.494 e. The molecule has 38 heavy (non-hydrogen) atoms. The minimum absolute atomic E-state index is 0.0236. The predicted octanol–water partition coefficient (Wildman–Crippen LogP) is 6.69. The van der Waals surface area contributed by atoms with Gasteiger partial charge in [0.05, 0.1) is 12.7 Å². The Balaban J connectivity index is 0.982. The minimum atomic E-state index is -0.187. The van der Waals surface area contributed by atoms with Gasteiger partial charge in [-0.25, -0.2) is 0 Å². The molecule has 7 unspecified atom stereocenters. The SMILES string of the molecule is C[C@]12CCC(=O)CC1CCC1C2CC[C@@]2(CCOc3cccc(CNC4CC5CCC4C5)c3)C1CC[C@@H]2O. The number of hydrogen-bond acceptors (Lipinski definition) is 4. The third-order valence-electron chi connectivity index (χ3n) is 13.2. The molecule has 4 heteroatoms. The Morgan fingerprint density at radius 3 is 2.79 bits per heavy atom. The number of fused-ring (bicyclic) bond motifs is 7. The zero-order valence-electron chi connectivity index (χ0n) is 23.5. The zero-order valence-corrected chi connectivity index (χ0v) is 23.5. The lowest BCUT2D eigenvalue weighted by Gasteiger charge is -2.60. The van der Waals surface area contributed by atoms with Gasteiger partial charge in [-0.05, 0) is 129 Å². The normalized spacial score (nSPS) is 45.5. The van der Waals surface area contributed by atoms with E-state index in [1.54, 1.807) is 0 Å². The van der Waals surface area contributed by atoms with E-state index in [1.165, 1.54) is 56.9 Å².